The Labute approximate surface area is 205 Å². The highest BCUT2D eigenvalue weighted by Crippen LogP contribution is 2.28. The average Bonchev–Trinajstić information content (AvgIpc) is 2.81. The van der Waals surface area contributed by atoms with Crippen LogP contribution in [0.5, 0.6) is 0 Å². The largest absolute Gasteiger partial charge is 0.365 e. The molecule has 35 heavy (non-hydrogen) atoms. The lowest BCUT2D eigenvalue weighted by atomic mass is 9.93. The highest BCUT2D eigenvalue weighted by molar-refractivity contribution is 6.35. The first-order chi connectivity index (χ1) is 16.8. The maximum absolute atomic E-state index is 14.7. The van der Waals surface area contributed by atoms with Crippen LogP contribution in [0.1, 0.15) is 41.0 Å². The lowest BCUT2D eigenvalue weighted by molar-refractivity contribution is 0.0910. The molecule has 0 spiro atoms. The van der Waals surface area contributed by atoms with Gasteiger partial charge in [0, 0.05) is 38.8 Å². The standard InChI is InChI=1S/C24H25ClF2N6O2/c1-13-23(34)31-21-19(25)14(11-16(26)20(21)28-13)12-32-7-9-33(10-8-32)18-6-5-17(30-22(18)27)24(35)29-15-3-2-4-15/h5-6,11,15H,2-4,7-10,12H2,1H3,(H,29,35)(H,31,34). The minimum Gasteiger partial charge on any atom is -0.365 e. The van der Waals surface area contributed by atoms with Gasteiger partial charge in [0.25, 0.3) is 11.5 Å². The normalized spacial score (nSPS) is 17.0. The van der Waals surface area contributed by atoms with Gasteiger partial charge in [0.15, 0.2) is 5.82 Å². The molecule has 0 radical (unpaired) electrons. The molecule has 3 heterocycles. The number of fused-ring (bicyclic) bond motifs is 1. The highest BCUT2D eigenvalue weighted by Gasteiger charge is 2.25. The first kappa shape index (κ1) is 23.6. The summed E-state index contributed by atoms with van der Waals surface area (Å²) in [6, 6.07) is 4.64. The van der Waals surface area contributed by atoms with E-state index >= 15 is 0 Å². The SMILES string of the molecule is Cc1nc2c(F)cc(CN3CCN(c4ccc(C(=O)NC5CCC5)nc4F)CC3)c(Cl)c2[nH]c1=O. The third-order valence-electron chi connectivity index (χ3n) is 6.72. The molecule has 1 aliphatic heterocycles. The molecule has 1 aliphatic carbocycles. The molecule has 184 valence electrons. The van der Waals surface area contributed by atoms with Crippen molar-refractivity contribution in [3.05, 3.63) is 62.3 Å². The molecule has 2 fully saturated rings. The van der Waals surface area contributed by atoms with Crippen molar-refractivity contribution in [1.29, 1.82) is 0 Å². The van der Waals surface area contributed by atoms with E-state index in [0.717, 1.165) is 19.3 Å². The predicted octanol–water partition coefficient (Wildman–Crippen LogP) is 3.16. The molecule has 11 heteroatoms. The molecule has 0 atom stereocenters. The summed E-state index contributed by atoms with van der Waals surface area (Å²) in [5.41, 5.74) is 0.947. The van der Waals surface area contributed by atoms with Crippen LogP contribution in [0.2, 0.25) is 5.02 Å². The monoisotopic (exact) mass is 502 g/mol. The number of hydrogen-bond donors (Lipinski definition) is 2. The van der Waals surface area contributed by atoms with Crippen LogP contribution < -0.4 is 15.8 Å². The van der Waals surface area contributed by atoms with Crippen LogP contribution in [0.15, 0.2) is 23.0 Å². The van der Waals surface area contributed by atoms with Gasteiger partial charge in [0.05, 0.1) is 16.2 Å². The fraction of sp³-hybridized carbons (Fsp3) is 0.417. The van der Waals surface area contributed by atoms with Crippen molar-refractivity contribution in [2.24, 2.45) is 0 Å². The number of piperazine rings is 1. The average molecular weight is 503 g/mol. The third-order valence-corrected chi connectivity index (χ3v) is 7.15. The molecular formula is C24H25ClF2N6O2. The summed E-state index contributed by atoms with van der Waals surface area (Å²) in [4.78, 5) is 38.7. The quantitative estimate of drug-likeness (QED) is 0.520. The molecule has 1 amide bonds. The number of carbonyl (C=O) groups is 1. The van der Waals surface area contributed by atoms with E-state index in [1.165, 1.54) is 13.0 Å². The van der Waals surface area contributed by atoms with Gasteiger partial charge in [-0.05, 0) is 49.9 Å². The summed E-state index contributed by atoms with van der Waals surface area (Å²) < 4.78 is 29.4. The molecule has 5 rings (SSSR count). The van der Waals surface area contributed by atoms with Crippen LogP contribution in [0.4, 0.5) is 14.5 Å². The molecule has 1 saturated carbocycles. The van der Waals surface area contributed by atoms with Crippen LogP contribution in [-0.4, -0.2) is 58.0 Å². The lowest BCUT2D eigenvalue weighted by Gasteiger charge is -2.36. The summed E-state index contributed by atoms with van der Waals surface area (Å²) in [5.74, 6) is -1.57. The second-order valence-corrected chi connectivity index (χ2v) is 9.46. The van der Waals surface area contributed by atoms with E-state index < -0.39 is 17.3 Å². The summed E-state index contributed by atoms with van der Waals surface area (Å²) in [6.07, 6.45) is 2.99. The molecule has 8 nitrogen and oxygen atoms in total. The van der Waals surface area contributed by atoms with Crippen molar-refractivity contribution in [3.63, 3.8) is 0 Å². The van der Waals surface area contributed by atoms with Crippen LogP contribution in [0.3, 0.4) is 0 Å². The number of amides is 1. The molecular weight excluding hydrogens is 478 g/mol. The Bertz CT molecular complexity index is 1350. The van der Waals surface area contributed by atoms with E-state index in [2.05, 4.69) is 25.2 Å². The number of anilines is 1. The van der Waals surface area contributed by atoms with Crippen LogP contribution >= 0.6 is 11.6 Å². The minimum absolute atomic E-state index is 0.0356. The smallest absolute Gasteiger partial charge is 0.270 e. The molecule has 0 bridgehead atoms. The van der Waals surface area contributed by atoms with Crippen LogP contribution in [0, 0.1) is 18.7 Å². The number of benzene rings is 1. The zero-order chi connectivity index (χ0) is 24.7. The Morgan fingerprint density at radius 2 is 1.94 bits per heavy atom. The molecule has 2 aliphatic rings. The first-order valence-electron chi connectivity index (χ1n) is 11.6. The second-order valence-electron chi connectivity index (χ2n) is 9.08. The van der Waals surface area contributed by atoms with E-state index in [1.54, 1.807) is 12.1 Å². The van der Waals surface area contributed by atoms with Crippen LogP contribution in [0.25, 0.3) is 11.0 Å². The molecule has 1 aromatic carbocycles. The van der Waals surface area contributed by atoms with Gasteiger partial charge < -0.3 is 15.2 Å². The number of pyridine rings is 1. The molecule has 1 saturated heterocycles. The number of H-pyrrole nitrogens is 1. The number of halogens is 3. The number of aromatic nitrogens is 3. The fourth-order valence-corrected chi connectivity index (χ4v) is 4.67. The Morgan fingerprint density at radius 3 is 2.60 bits per heavy atom. The summed E-state index contributed by atoms with van der Waals surface area (Å²) in [5, 5.41) is 3.13. The maximum atomic E-state index is 14.7. The zero-order valence-corrected chi connectivity index (χ0v) is 20.0. The molecule has 2 aromatic heterocycles. The lowest BCUT2D eigenvalue weighted by Crippen LogP contribution is -2.46. The van der Waals surface area contributed by atoms with Gasteiger partial charge in [-0.2, -0.15) is 4.39 Å². The Kier molecular flexibility index (Phi) is 6.41. The van der Waals surface area contributed by atoms with Crippen molar-refractivity contribution >= 4 is 34.2 Å². The van der Waals surface area contributed by atoms with Gasteiger partial charge in [-0.25, -0.2) is 14.4 Å². The van der Waals surface area contributed by atoms with Gasteiger partial charge in [-0.3, -0.25) is 14.5 Å². The number of hydrogen-bond acceptors (Lipinski definition) is 6. The Morgan fingerprint density at radius 1 is 1.20 bits per heavy atom. The molecule has 2 N–H and O–H groups in total. The van der Waals surface area contributed by atoms with E-state index in [0.29, 0.717) is 44.0 Å². The number of aromatic amines is 1. The van der Waals surface area contributed by atoms with Crippen molar-refractivity contribution < 1.29 is 13.6 Å². The van der Waals surface area contributed by atoms with Gasteiger partial charge in [-0.15, -0.1) is 0 Å². The van der Waals surface area contributed by atoms with Crippen molar-refractivity contribution in [1.82, 2.24) is 25.2 Å². The van der Waals surface area contributed by atoms with E-state index in [4.69, 9.17) is 11.6 Å². The summed E-state index contributed by atoms with van der Waals surface area (Å²) in [7, 11) is 0. The van der Waals surface area contributed by atoms with E-state index in [9.17, 15) is 18.4 Å². The third kappa shape index (κ3) is 4.72. The van der Waals surface area contributed by atoms with Gasteiger partial charge in [0.2, 0.25) is 5.95 Å². The Hall–Kier alpha value is -3.11. The van der Waals surface area contributed by atoms with Crippen molar-refractivity contribution in [2.75, 3.05) is 31.1 Å². The van der Waals surface area contributed by atoms with Crippen LogP contribution in [-0.2, 0) is 6.54 Å². The van der Waals surface area contributed by atoms with Gasteiger partial charge in [-0.1, -0.05) is 11.6 Å². The molecule has 3 aromatic rings. The highest BCUT2D eigenvalue weighted by atomic mass is 35.5. The van der Waals surface area contributed by atoms with Crippen molar-refractivity contribution in [2.45, 2.75) is 38.8 Å². The molecule has 0 unspecified atom stereocenters. The second kappa shape index (κ2) is 9.50. The van der Waals surface area contributed by atoms with Gasteiger partial charge >= 0.3 is 0 Å². The number of aryl methyl sites for hydroxylation is 1. The first-order valence-corrected chi connectivity index (χ1v) is 12.0. The van der Waals surface area contributed by atoms with E-state index in [-0.39, 0.29) is 39.4 Å². The van der Waals surface area contributed by atoms with E-state index in [1.807, 2.05) is 4.90 Å². The van der Waals surface area contributed by atoms with Gasteiger partial charge in [0.1, 0.15) is 16.9 Å². The maximum Gasteiger partial charge on any atom is 0.270 e. The Balaban J connectivity index is 1.25. The minimum atomic E-state index is -0.675. The number of nitrogens with zero attached hydrogens (tertiary/aromatic N) is 4. The topological polar surface area (TPSA) is 94.2 Å². The van der Waals surface area contributed by atoms with Crippen molar-refractivity contribution in [3.8, 4) is 0 Å². The number of carbonyl (C=O) groups excluding carboxylic acids is 1. The predicted molar refractivity (Wildman–Crippen MR) is 129 cm³/mol. The fourth-order valence-electron chi connectivity index (χ4n) is 4.42. The summed E-state index contributed by atoms with van der Waals surface area (Å²) >= 11 is 6.48. The summed E-state index contributed by atoms with van der Waals surface area (Å²) in [6.45, 7) is 4.10. The zero-order valence-electron chi connectivity index (χ0n) is 19.2. The number of nitrogens with one attached hydrogen (secondary N) is 2. The number of rotatable bonds is 5.